The lowest BCUT2D eigenvalue weighted by atomic mass is 10.0. The first-order chi connectivity index (χ1) is 10.1. The molecule has 0 fully saturated rings. The van der Waals surface area contributed by atoms with Crippen molar-refractivity contribution in [2.24, 2.45) is 0 Å². The fraction of sp³-hybridized carbons (Fsp3) is 0.375. The third-order valence-corrected chi connectivity index (χ3v) is 3.20. The number of halogens is 1. The van der Waals surface area contributed by atoms with Gasteiger partial charge in [0.2, 0.25) is 0 Å². The SMILES string of the molecule is CCOCc1nc(Cl)cc(Nc2cccc(C(C)C)c2)n1. The first-order valence-corrected chi connectivity index (χ1v) is 7.44. The van der Waals surface area contributed by atoms with Gasteiger partial charge in [-0.25, -0.2) is 9.97 Å². The molecular weight excluding hydrogens is 286 g/mol. The number of rotatable bonds is 6. The summed E-state index contributed by atoms with van der Waals surface area (Å²) in [6.07, 6.45) is 0. The lowest BCUT2D eigenvalue weighted by Gasteiger charge is -2.11. The number of ether oxygens (including phenoxy) is 1. The summed E-state index contributed by atoms with van der Waals surface area (Å²) in [7, 11) is 0. The van der Waals surface area contributed by atoms with Gasteiger partial charge < -0.3 is 10.1 Å². The van der Waals surface area contributed by atoms with E-state index in [2.05, 4.69) is 41.3 Å². The molecule has 0 aliphatic rings. The second-order valence-corrected chi connectivity index (χ2v) is 5.42. The predicted molar refractivity (Wildman–Crippen MR) is 86.2 cm³/mol. The summed E-state index contributed by atoms with van der Waals surface area (Å²) in [5, 5.41) is 3.67. The zero-order valence-electron chi connectivity index (χ0n) is 12.6. The fourth-order valence-electron chi connectivity index (χ4n) is 1.91. The van der Waals surface area contributed by atoms with Crippen LogP contribution in [0.1, 0.15) is 38.1 Å². The molecule has 0 unspecified atom stereocenters. The summed E-state index contributed by atoms with van der Waals surface area (Å²) < 4.78 is 5.32. The van der Waals surface area contributed by atoms with Crippen molar-refractivity contribution in [1.82, 2.24) is 9.97 Å². The van der Waals surface area contributed by atoms with Crippen LogP contribution in [0.5, 0.6) is 0 Å². The van der Waals surface area contributed by atoms with Crippen LogP contribution in [-0.4, -0.2) is 16.6 Å². The topological polar surface area (TPSA) is 47.0 Å². The second-order valence-electron chi connectivity index (χ2n) is 5.03. The Bertz CT molecular complexity index is 602. The smallest absolute Gasteiger partial charge is 0.158 e. The van der Waals surface area contributed by atoms with Crippen LogP contribution in [0.4, 0.5) is 11.5 Å². The Morgan fingerprint density at radius 2 is 2.05 bits per heavy atom. The molecule has 2 rings (SSSR count). The lowest BCUT2D eigenvalue weighted by Crippen LogP contribution is -2.03. The maximum atomic E-state index is 6.03. The van der Waals surface area contributed by atoms with Crippen LogP contribution >= 0.6 is 11.6 Å². The number of hydrogen-bond acceptors (Lipinski definition) is 4. The molecule has 0 bridgehead atoms. The largest absolute Gasteiger partial charge is 0.374 e. The van der Waals surface area contributed by atoms with E-state index in [-0.39, 0.29) is 0 Å². The van der Waals surface area contributed by atoms with Gasteiger partial charge in [0.15, 0.2) is 5.82 Å². The molecule has 0 saturated heterocycles. The highest BCUT2D eigenvalue weighted by atomic mass is 35.5. The molecule has 0 radical (unpaired) electrons. The third-order valence-electron chi connectivity index (χ3n) is 3.00. The molecule has 1 heterocycles. The van der Waals surface area contributed by atoms with E-state index in [0.717, 1.165) is 5.69 Å². The maximum Gasteiger partial charge on any atom is 0.158 e. The van der Waals surface area contributed by atoms with Gasteiger partial charge >= 0.3 is 0 Å². The molecule has 112 valence electrons. The molecule has 21 heavy (non-hydrogen) atoms. The van der Waals surface area contributed by atoms with Crippen LogP contribution in [0, 0.1) is 0 Å². The molecule has 1 N–H and O–H groups in total. The Labute approximate surface area is 130 Å². The summed E-state index contributed by atoms with van der Waals surface area (Å²) in [5.74, 6) is 1.73. The predicted octanol–water partition coefficient (Wildman–Crippen LogP) is 4.53. The van der Waals surface area contributed by atoms with Gasteiger partial charge in [-0.1, -0.05) is 37.6 Å². The van der Waals surface area contributed by atoms with Crippen molar-refractivity contribution in [2.75, 3.05) is 11.9 Å². The van der Waals surface area contributed by atoms with E-state index in [4.69, 9.17) is 16.3 Å². The molecule has 0 aliphatic carbocycles. The van der Waals surface area contributed by atoms with Gasteiger partial charge in [0.05, 0.1) is 0 Å². The number of hydrogen-bond donors (Lipinski definition) is 1. The lowest BCUT2D eigenvalue weighted by molar-refractivity contribution is 0.128. The van der Waals surface area contributed by atoms with Crippen LogP contribution in [0.25, 0.3) is 0 Å². The van der Waals surface area contributed by atoms with Crippen molar-refractivity contribution in [3.63, 3.8) is 0 Å². The summed E-state index contributed by atoms with van der Waals surface area (Å²) >= 11 is 6.03. The summed E-state index contributed by atoms with van der Waals surface area (Å²) in [6.45, 7) is 7.25. The highest BCUT2D eigenvalue weighted by molar-refractivity contribution is 6.29. The molecule has 0 aliphatic heterocycles. The van der Waals surface area contributed by atoms with Crippen molar-refractivity contribution < 1.29 is 4.74 Å². The Balaban J connectivity index is 2.18. The van der Waals surface area contributed by atoms with Crippen molar-refractivity contribution in [3.05, 3.63) is 46.9 Å². The average molecular weight is 306 g/mol. The Kier molecular flexibility index (Phi) is 5.53. The summed E-state index contributed by atoms with van der Waals surface area (Å²) in [6, 6.07) is 9.97. The molecule has 2 aromatic rings. The number of nitrogens with one attached hydrogen (secondary N) is 1. The van der Waals surface area contributed by atoms with Crippen LogP contribution in [-0.2, 0) is 11.3 Å². The number of anilines is 2. The number of nitrogens with zero attached hydrogens (tertiary/aromatic N) is 2. The van der Waals surface area contributed by atoms with Gasteiger partial charge in [-0.15, -0.1) is 0 Å². The van der Waals surface area contributed by atoms with E-state index in [1.807, 2.05) is 19.1 Å². The van der Waals surface area contributed by atoms with E-state index < -0.39 is 0 Å². The van der Waals surface area contributed by atoms with Crippen LogP contribution < -0.4 is 5.32 Å². The Morgan fingerprint density at radius 3 is 2.76 bits per heavy atom. The quantitative estimate of drug-likeness (QED) is 0.796. The number of benzene rings is 1. The molecule has 0 amide bonds. The Morgan fingerprint density at radius 1 is 1.24 bits per heavy atom. The van der Waals surface area contributed by atoms with Gasteiger partial charge in [-0.2, -0.15) is 0 Å². The fourth-order valence-corrected chi connectivity index (χ4v) is 2.11. The highest BCUT2D eigenvalue weighted by Crippen LogP contribution is 2.22. The standard InChI is InChI=1S/C16H20ClN3O/c1-4-21-10-16-19-14(17)9-15(20-16)18-13-7-5-6-12(8-13)11(2)3/h5-9,11H,4,10H2,1-3H3,(H,18,19,20). The highest BCUT2D eigenvalue weighted by Gasteiger charge is 2.05. The monoisotopic (exact) mass is 305 g/mol. The van der Waals surface area contributed by atoms with Crippen molar-refractivity contribution in [2.45, 2.75) is 33.3 Å². The minimum atomic E-state index is 0.359. The van der Waals surface area contributed by atoms with Crippen LogP contribution in [0.2, 0.25) is 5.15 Å². The summed E-state index contributed by atoms with van der Waals surface area (Å²) in [5.41, 5.74) is 2.26. The van der Waals surface area contributed by atoms with Gasteiger partial charge in [-0.3, -0.25) is 0 Å². The minimum absolute atomic E-state index is 0.359. The number of aromatic nitrogens is 2. The molecule has 5 heteroatoms. The van der Waals surface area contributed by atoms with E-state index in [9.17, 15) is 0 Å². The molecule has 1 aromatic carbocycles. The average Bonchev–Trinajstić information content (AvgIpc) is 2.45. The van der Waals surface area contributed by atoms with E-state index >= 15 is 0 Å². The van der Waals surface area contributed by atoms with Crippen molar-refractivity contribution >= 4 is 23.1 Å². The van der Waals surface area contributed by atoms with Gasteiger partial charge in [0.25, 0.3) is 0 Å². The van der Waals surface area contributed by atoms with Crippen LogP contribution in [0.3, 0.4) is 0 Å². The van der Waals surface area contributed by atoms with Crippen molar-refractivity contribution in [1.29, 1.82) is 0 Å². The molecule has 4 nitrogen and oxygen atoms in total. The second kappa shape index (κ2) is 7.38. The zero-order chi connectivity index (χ0) is 15.2. The van der Waals surface area contributed by atoms with Crippen molar-refractivity contribution in [3.8, 4) is 0 Å². The maximum absolute atomic E-state index is 6.03. The van der Waals surface area contributed by atoms with E-state index in [0.29, 0.717) is 35.9 Å². The first-order valence-electron chi connectivity index (χ1n) is 7.06. The molecule has 0 atom stereocenters. The van der Waals surface area contributed by atoms with E-state index in [1.165, 1.54) is 5.56 Å². The molecule has 0 spiro atoms. The molecular formula is C16H20ClN3O. The zero-order valence-corrected chi connectivity index (χ0v) is 13.3. The van der Waals surface area contributed by atoms with E-state index in [1.54, 1.807) is 6.07 Å². The molecule has 1 aromatic heterocycles. The first kappa shape index (κ1) is 15.7. The van der Waals surface area contributed by atoms with Gasteiger partial charge in [0, 0.05) is 18.4 Å². The molecule has 0 saturated carbocycles. The third kappa shape index (κ3) is 4.69. The Hall–Kier alpha value is -1.65. The normalized spacial score (nSPS) is 10.9. The minimum Gasteiger partial charge on any atom is -0.374 e. The van der Waals surface area contributed by atoms with Crippen LogP contribution in [0.15, 0.2) is 30.3 Å². The summed E-state index contributed by atoms with van der Waals surface area (Å²) in [4.78, 5) is 8.56. The van der Waals surface area contributed by atoms with Gasteiger partial charge in [-0.05, 0) is 30.5 Å². The van der Waals surface area contributed by atoms with Gasteiger partial charge in [0.1, 0.15) is 17.6 Å².